The van der Waals surface area contributed by atoms with Crippen molar-refractivity contribution in [1.29, 1.82) is 0 Å². The number of aromatic nitrogens is 2. The molecule has 1 aromatic heterocycles. The Bertz CT molecular complexity index is 402. The molecule has 94 valence electrons. The number of likely N-dealkylation sites (N-methyl/N-ethyl adjacent to an activating group) is 1. The fourth-order valence-corrected chi connectivity index (χ4v) is 1.31. The number of carbonyl (C=O) groups is 2. The smallest absolute Gasteiger partial charge is 0.323 e. The van der Waals surface area contributed by atoms with Crippen molar-refractivity contribution in [2.24, 2.45) is 0 Å². The van der Waals surface area contributed by atoms with Crippen molar-refractivity contribution in [2.45, 2.75) is 26.2 Å². The zero-order chi connectivity index (χ0) is 12.8. The van der Waals surface area contributed by atoms with Crippen LogP contribution in [0.1, 0.15) is 24.6 Å². The molecule has 0 radical (unpaired) electrons. The van der Waals surface area contributed by atoms with Crippen molar-refractivity contribution >= 4 is 11.9 Å². The first-order valence-corrected chi connectivity index (χ1v) is 5.24. The maximum atomic E-state index is 11.5. The molecule has 7 nitrogen and oxygen atoms in total. The molecule has 0 atom stereocenters. The lowest BCUT2D eigenvalue weighted by molar-refractivity contribution is -0.143. The predicted molar refractivity (Wildman–Crippen MR) is 57.2 cm³/mol. The van der Waals surface area contributed by atoms with Crippen molar-refractivity contribution in [3.05, 3.63) is 11.7 Å². The number of carboxylic acids is 1. The summed E-state index contributed by atoms with van der Waals surface area (Å²) in [4.78, 5) is 27.0. The summed E-state index contributed by atoms with van der Waals surface area (Å²) in [6, 6.07) is 0. The Hall–Kier alpha value is -1.92. The molecule has 0 bridgehead atoms. The van der Waals surface area contributed by atoms with E-state index >= 15 is 0 Å². The van der Waals surface area contributed by atoms with E-state index in [4.69, 9.17) is 9.63 Å². The van der Waals surface area contributed by atoms with Gasteiger partial charge in [0.1, 0.15) is 6.54 Å². The topological polar surface area (TPSA) is 96.5 Å². The number of hydrogen-bond donors (Lipinski definition) is 1. The summed E-state index contributed by atoms with van der Waals surface area (Å²) in [5.74, 6) is -0.164. The highest BCUT2D eigenvalue weighted by atomic mass is 16.5. The van der Waals surface area contributed by atoms with Crippen LogP contribution in [0.4, 0.5) is 0 Å². The SMILES string of the molecule is Cc1noc(CCCC(=O)N(C)CC(=O)O)n1. The van der Waals surface area contributed by atoms with Gasteiger partial charge in [-0.05, 0) is 13.3 Å². The molecule has 0 saturated carbocycles. The maximum absolute atomic E-state index is 11.5. The molecule has 0 aromatic carbocycles. The van der Waals surface area contributed by atoms with Gasteiger partial charge >= 0.3 is 5.97 Å². The Kier molecular flexibility index (Phi) is 4.62. The van der Waals surface area contributed by atoms with Crippen LogP contribution in [0.2, 0.25) is 0 Å². The van der Waals surface area contributed by atoms with Crippen LogP contribution in [0.25, 0.3) is 0 Å². The third-order valence-corrected chi connectivity index (χ3v) is 2.15. The number of aryl methyl sites for hydroxylation is 2. The number of carboxylic acid groups (broad SMARTS) is 1. The lowest BCUT2D eigenvalue weighted by Gasteiger charge is -2.13. The minimum absolute atomic E-state index is 0.205. The van der Waals surface area contributed by atoms with Crippen LogP contribution in [0.15, 0.2) is 4.52 Å². The minimum Gasteiger partial charge on any atom is -0.480 e. The molecule has 17 heavy (non-hydrogen) atoms. The molecule has 7 heteroatoms. The van der Waals surface area contributed by atoms with Gasteiger partial charge in [0.25, 0.3) is 0 Å². The molecule has 1 N–H and O–H groups in total. The normalized spacial score (nSPS) is 10.2. The van der Waals surface area contributed by atoms with E-state index in [0.717, 1.165) is 0 Å². The minimum atomic E-state index is -1.02. The van der Waals surface area contributed by atoms with Gasteiger partial charge in [0.2, 0.25) is 11.8 Å². The first-order valence-electron chi connectivity index (χ1n) is 5.24. The second-order valence-electron chi connectivity index (χ2n) is 3.73. The Morgan fingerprint density at radius 1 is 1.47 bits per heavy atom. The molecular formula is C10H15N3O4. The molecule has 1 amide bonds. The standard InChI is InChI=1S/C10H15N3O4/c1-7-11-8(17-12-7)4-3-5-9(14)13(2)6-10(15)16/h3-6H2,1-2H3,(H,15,16). The zero-order valence-corrected chi connectivity index (χ0v) is 9.84. The van der Waals surface area contributed by atoms with Crippen LogP contribution in [-0.2, 0) is 16.0 Å². The van der Waals surface area contributed by atoms with Crippen LogP contribution in [0.5, 0.6) is 0 Å². The largest absolute Gasteiger partial charge is 0.480 e. The molecule has 0 fully saturated rings. The predicted octanol–water partition coefficient (Wildman–Crippen LogP) is 0.244. The van der Waals surface area contributed by atoms with E-state index in [1.54, 1.807) is 6.92 Å². The van der Waals surface area contributed by atoms with E-state index < -0.39 is 5.97 Å². The summed E-state index contributed by atoms with van der Waals surface area (Å²) < 4.78 is 4.89. The number of carbonyl (C=O) groups excluding carboxylic acids is 1. The molecular weight excluding hydrogens is 226 g/mol. The molecule has 0 unspecified atom stereocenters. The Morgan fingerprint density at radius 2 is 2.18 bits per heavy atom. The van der Waals surface area contributed by atoms with Crippen molar-refractivity contribution in [2.75, 3.05) is 13.6 Å². The number of nitrogens with zero attached hydrogens (tertiary/aromatic N) is 3. The van der Waals surface area contributed by atoms with Crippen LogP contribution < -0.4 is 0 Å². The first-order chi connectivity index (χ1) is 7.99. The Morgan fingerprint density at radius 3 is 2.71 bits per heavy atom. The van der Waals surface area contributed by atoms with E-state index in [2.05, 4.69) is 10.1 Å². The van der Waals surface area contributed by atoms with E-state index in [1.165, 1.54) is 11.9 Å². The van der Waals surface area contributed by atoms with E-state index in [0.29, 0.717) is 24.6 Å². The Balaban J connectivity index is 2.26. The Labute approximate surface area is 98.4 Å². The van der Waals surface area contributed by atoms with Gasteiger partial charge in [0, 0.05) is 19.9 Å². The fourth-order valence-electron chi connectivity index (χ4n) is 1.31. The lowest BCUT2D eigenvalue weighted by Crippen LogP contribution is -2.31. The second kappa shape index (κ2) is 5.97. The summed E-state index contributed by atoms with van der Waals surface area (Å²) in [5.41, 5.74) is 0. The third kappa shape index (κ3) is 4.62. The molecule has 0 spiro atoms. The molecule has 1 aromatic rings. The third-order valence-electron chi connectivity index (χ3n) is 2.15. The maximum Gasteiger partial charge on any atom is 0.323 e. The van der Waals surface area contributed by atoms with Crippen molar-refractivity contribution in [1.82, 2.24) is 15.0 Å². The summed E-state index contributed by atoms with van der Waals surface area (Å²) in [5, 5.41) is 12.1. The highest BCUT2D eigenvalue weighted by molar-refractivity contribution is 5.80. The molecule has 0 aliphatic rings. The van der Waals surface area contributed by atoms with Gasteiger partial charge in [-0.25, -0.2) is 0 Å². The van der Waals surface area contributed by atoms with Gasteiger partial charge in [0.05, 0.1) is 0 Å². The number of rotatable bonds is 6. The summed E-state index contributed by atoms with van der Waals surface area (Å²) >= 11 is 0. The van der Waals surface area contributed by atoms with E-state index in [1.807, 2.05) is 0 Å². The average molecular weight is 241 g/mol. The van der Waals surface area contributed by atoms with E-state index in [-0.39, 0.29) is 18.9 Å². The van der Waals surface area contributed by atoms with E-state index in [9.17, 15) is 9.59 Å². The number of hydrogen-bond acceptors (Lipinski definition) is 5. The molecule has 0 aliphatic heterocycles. The molecule has 1 rings (SSSR count). The number of aliphatic carboxylic acids is 1. The van der Waals surface area contributed by atoms with Crippen molar-refractivity contribution in [3.8, 4) is 0 Å². The average Bonchev–Trinajstić information content (AvgIpc) is 2.63. The van der Waals surface area contributed by atoms with Crippen molar-refractivity contribution in [3.63, 3.8) is 0 Å². The van der Waals surface area contributed by atoms with Gasteiger partial charge in [-0.2, -0.15) is 4.98 Å². The highest BCUT2D eigenvalue weighted by Gasteiger charge is 2.12. The van der Waals surface area contributed by atoms with Crippen LogP contribution >= 0.6 is 0 Å². The monoisotopic (exact) mass is 241 g/mol. The van der Waals surface area contributed by atoms with Gasteiger partial charge in [-0.3, -0.25) is 9.59 Å². The molecule has 0 aliphatic carbocycles. The van der Waals surface area contributed by atoms with Crippen LogP contribution in [0.3, 0.4) is 0 Å². The summed E-state index contributed by atoms with van der Waals surface area (Å²) in [7, 11) is 1.47. The summed E-state index contributed by atoms with van der Waals surface area (Å²) in [6.07, 6.45) is 1.35. The summed E-state index contributed by atoms with van der Waals surface area (Å²) in [6.45, 7) is 1.44. The zero-order valence-electron chi connectivity index (χ0n) is 9.84. The lowest BCUT2D eigenvalue weighted by atomic mass is 10.2. The van der Waals surface area contributed by atoms with Crippen LogP contribution in [0, 0.1) is 6.92 Å². The van der Waals surface area contributed by atoms with Gasteiger partial charge in [-0.1, -0.05) is 5.16 Å². The van der Waals surface area contributed by atoms with Gasteiger partial charge in [-0.15, -0.1) is 0 Å². The second-order valence-corrected chi connectivity index (χ2v) is 3.73. The quantitative estimate of drug-likeness (QED) is 0.766. The molecule has 0 saturated heterocycles. The fraction of sp³-hybridized carbons (Fsp3) is 0.600. The van der Waals surface area contributed by atoms with Crippen molar-refractivity contribution < 1.29 is 19.2 Å². The molecule has 1 heterocycles. The van der Waals surface area contributed by atoms with Crippen LogP contribution in [-0.4, -0.2) is 45.6 Å². The van der Waals surface area contributed by atoms with Gasteiger partial charge in [0.15, 0.2) is 5.82 Å². The highest BCUT2D eigenvalue weighted by Crippen LogP contribution is 2.04. The first kappa shape index (κ1) is 13.1. The van der Waals surface area contributed by atoms with Gasteiger partial charge < -0.3 is 14.5 Å². The number of amides is 1.